The fraction of sp³-hybridized carbons (Fsp3) is 0.600. The van der Waals surface area contributed by atoms with Crippen LogP contribution in [0.4, 0.5) is 4.39 Å². The number of rotatable bonds is 7. The van der Waals surface area contributed by atoms with Crippen LogP contribution in [0.5, 0.6) is 0 Å². The maximum Gasteiger partial charge on any atom is 0.123 e. The molecule has 1 rings (SSSR count). The molecule has 0 saturated carbocycles. The van der Waals surface area contributed by atoms with E-state index in [-0.39, 0.29) is 5.82 Å². The van der Waals surface area contributed by atoms with E-state index >= 15 is 0 Å². The van der Waals surface area contributed by atoms with E-state index in [0.717, 1.165) is 31.5 Å². The lowest BCUT2D eigenvalue weighted by Crippen LogP contribution is -2.28. The average molecular weight is 237 g/mol. The van der Waals surface area contributed by atoms with Crippen LogP contribution in [0.25, 0.3) is 0 Å². The number of benzene rings is 1. The van der Waals surface area contributed by atoms with Gasteiger partial charge < -0.3 is 5.32 Å². The molecule has 1 unspecified atom stereocenters. The summed E-state index contributed by atoms with van der Waals surface area (Å²) in [4.78, 5) is 0. The van der Waals surface area contributed by atoms with E-state index in [1.165, 1.54) is 6.07 Å². The van der Waals surface area contributed by atoms with Gasteiger partial charge in [-0.3, -0.25) is 0 Å². The highest BCUT2D eigenvalue weighted by Gasteiger charge is 2.13. The molecule has 1 aromatic rings. The molecular formula is C15H24FN. The summed E-state index contributed by atoms with van der Waals surface area (Å²) < 4.78 is 13.1. The van der Waals surface area contributed by atoms with Gasteiger partial charge in [-0.15, -0.1) is 0 Å². The lowest BCUT2D eigenvalue weighted by atomic mass is 9.89. The van der Waals surface area contributed by atoms with Gasteiger partial charge in [-0.05, 0) is 55.5 Å². The molecule has 0 bridgehead atoms. The molecule has 17 heavy (non-hydrogen) atoms. The zero-order valence-electron chi connectivity index (χ0n) is 11.2. The molecule has 1 atom stereocenters. The summed E-state index contributed by atoms with van der Waals surface area (Å²) in [5.41, 5.74) is 1.10. The van der Waals surface area contributed by atoms with Crippen molar-refractivity contribution in [3.8, 4) is 0 Å². The van der Waals surface area contributed by atoms with E-state index in [1.807, 2.05) is 6.07 Å². The van der Waals surface area contributed by atoms with Gasteiger partial charge in [-0.2, -0.15) is 0 Å². The molecule has 0 aliphatic heterocycles. The molecule has 0 spiro atoms. The van der Waals surface area contributed by atoms with Crippen LogP contribution in [0.3, 0.4) is 0 Å². The fourth-order valence-electron chi connectivity index (χ4n) is 1.97. The molecule has 0 heterocycles. The van der Waals surface area contributed by atoms with Gasteiger partial charge in [-0.1, -0.05) is 32.9 Å². The van der Waals surface area contributed by atoms with Crippen LogP contribution in [0.15, 0.2) is 24.3 Å². The average Bonchev–Trinajstić information content (AvgIpc) is 2.28. The standard InChI is InChI=1S/C15H24FN/c1-4-8-17-11-14(12(2)3)9-13-6-5-7-15(16)10-13/h5-7,10,12,14,17H,4,8-9,11H2,1-3H3. The highest BCUT2D eigenvalue weighted by molar-refractivity contribution is 5.17. The van der Waals surface area contributed by atoms with Crippen molar-refractivity contribution in [3.05, 3.63) is 35.6 Å². The first-order valence-electron chi connectivity index (χ1n) is 6.58. The summed E-state index contributed by atoms with van der Waals surface area (Å²) in [6.07, 6.45) is 2.11. The third-order valence-corrected chi connectivity index (χ3v) is 3.16. The van der Waals surface area contributed by atoms with Gasteiger partial charge in [0.2, 0.25) is 0 Å². The van der Waals surface area contributed by atoms with Gasteiger partial charge >= 0.3 is 0 Å². The maximum atomic E-state index is 13.1. The molecule has 96 valence electrons. The summed E-state index contributed by atoms with van der Waals surface area (Å²) >= 11 is 0. The minimum atomic E-state index is -0.133. The third-order valence-electron chi connectivity index (χ3n) is 3.16. The Bertz CT molecular complexity index is 322. The third kappa shape index (κ3) is 5.31. The first-order valence-corrected chi connectivity index (χ1v) is 6.58. The molecule has 2 heteroatoms. The smallest absolute Gasteiger partial charge is 0.123 e. The zero-order valence-corrected chi connectivity index (χ0v) is 11.2. The van der Waals surface area contributed by atoms with Crippen LogP contribution in [0, 0.1) is 17.7 Å². The molecule has 1 nitrogen and oxygen atoms in total. The van der Waals surface area contributed by atoms with Crippen LogP contribution in [-0.4, -0.2) is 13.1 Å². The lowest BCUT2D eigenvalue weighted by molar-refractivity contribution is 0.360. The maximum absolute atomic E-state index is 13.1. The van der Waals surface area contributed by atoms with Gasteiger partial charge in [0.15, 0.2) is 0 Å². The molecule has 0 fully saturated rings. The second-order valence-corrected chi connectivity index (χ2v) is 5.04. The van der Waals surface area contributed by atoms with Crippen LogP contribution in [0.1, 0.15) is 32.8 Å². The summed E-state index contributed by atoms with van der Waals surface area (Å²) in [6.45, 7) is 8.72. The number of hydrogen-bond acceptors (Lipinski definition) is 1. The van der Waals surface area contributed by atoms with Crippen LogP contribution in [0.2, 0.25) is 0 Å². The molecule has 0 saturated heterocycles. The van der Waals surface area contributed by atoms with E-state index in [9.17, 15) is 4.39 Å². The van der Waals surface area contributed by atoms with Crippen molar-refractivity contribution in [1.82, 2.24) is 5.32 Å². The summed E-state index contributed by atoms with van der Waals surface area (Å²) in [5.74, 6) is 1.05. The zero-order chi connectivity index (χ0) is 12.7. The second-order valence-electron chi connectivity index (χ2n) is 5.04. The van der Waals surface area contributed by atoms with Gasteiger partial charge in [0.05, 0.1) is 0 Å². The summed E-state index contributed by atoms with van der Waals surface area (Å²) in [6, 6.07) is 6.96. The largest absolute Gasteiger partial charge is 0.316 e. The van der Waals surface area contributed by atoms with Gasteiger partial charge in [0.25, 0.3) is 0 Å². The molecule has 0 amide bonds. The van der Waals surface area contributed by atoms with Crippen molar-refractivity contribution in [1.29, 1.82) is 0 Å². The van der Waals surface area contributed by atoms with Crippen molar-refractivity contribution in [3.63, 3.8) is 0 Å². The Morgan fingerprint density at radius 2 is 2.06 bits per heavy atom. The minimum Gasteiger partial charge on any atom is -0.316 e. The Morgan fingerprint density at radius 1 is 1.29 bits per heavy atom. The highest BCUT2D eigenvalue weighted by Crippen LogP contribution is 2.17. The Morgan fingerprint density at radius 3 is 2.65 bits per heavy atom. The van der Waals surface area contributed by atoms with Crippen molar-refractivity contribution < 1.29 is 4.39 Å². The SMILES string of the molecule is CCCNCC(Cc1cccc(F)c1)C(C)C. The van der Waals surface area contributed by atoms with E-state index < -0.39 is 0 Å². The van der Waals surface area contributed by atoms with Crippen molar-refractivity contribution in [2.24, 2.45) is 11.8 Å². The van der Waals surface area contributed by atoms with E-state index in [2.05, 4.69) is 26.1 Å². The Kier molecular flexibility index (Phi) is 6.20. The molecular weight excluding hydrogens is 213 g/mol. The number of halogens is 1. The quantitative estimate of drug-likeness (QED) is 0.714. The molecule has 1 aromatic carbocycles. The number of hydrogen-bond donors (Lipinski definition) is 1. The molecule has 0 radical (unpaired) electrons. The summed E-state index contributed by atoms with van der Waals surface area (Å²) in [5, 5.41) is 3.46. The molecule has 0 aromatic heterocycles. The molecule has 1 N–H and O–H groups in total. The first-order chi connectivity index (χ1) is 8.13. The van der Waals surface area contributed by atoms with E-state index in [1.54, 1.807) is 12.1 Å². The first kappa shape index (κ1) is 14.2. The van der Waals surface area contributed by atoms with Crippen LogP contribution < -0.4 is 5.32 Å². The van der Waals surface area contributed by atoms with Crippen molar-refractivity contribution in [2.75, 3.05) is 13.1 Å². The lowest BCUT2D eigenvalue weighted by Gasteiger charge is -2.21. The van der Waals surface area contributed by atoms with Gasteiger partial charge in [-0.25, -0.2) is 4.39 Å². The van der Waals surface area contributed by atoms with Gasteiger partial charge in [0.1, 0.15) is 5.82 Å². The monoisotopic (exact) mass is 237 g/mol. The fourth-order valence-corrected chi connectivity index (χ4v) is 1.97. The predicted octanol–water partition coefficient (Wildman–Crippen LogP) is 3.64. The highest BCUT2D eigenvalue weighted by atomic mass is 19.1. The molecule has 0 aliphatic carbocycles. The topological polar surface area (TPSA) is 12.0 Å². The van der Waals surface area contributed by atoms with E-state index in [0.29, 0.717) is 11.8 Å². The van der Waals surface area contributed by atoms with Gasteiger partial charge in [0, 0.05) is 0 Å². The van der Waals surface area contributed by atoms with Crippen molar-refractivity contribution in [2.45, 2.75) is 33.6 Å². The normalized spacial score (nSPS) is 13.0. The minimum absolute atomic E-state index is 0.133. The van der Waals surface area contributed by atoms with Crippen LogP contribution >= 0.6 is 0 Å². The Balaban J connectivity index is 2.54. The van der Waals surface area contributed by atoms with E-state index in [4.69, 9.17) is 0 Å². The Hall–Kier alpha value is -0.890. The number of nitrogens with one attached hydrogen (secondary N) is 1. The van der Waals surface area contributed by atoms with Crippen molar-refractivity contribution >= 4 is 0 Å². The second kappa shape index (κ2) is 7.44. The van der Waals surface area contributed by atoms with Crippen LogP contribution in [-0.2, 0) is 6.42 Å². The molecule has 0 aliphatic rings. The summed E-state index contributed by atoms with van der Waals surface area (Å²) in [7, 11) is 0. The predicted molar refractivity (Wildman–Crippen MR) is 71.6 cm³/mol. The Labute approximate surface area is 104 Å².